The van der Waals surface area contributed by atoms with Crippen LogP contribution in [0.3, 0.4) is 0 Å². The van der Waals surface area contributed by atoms with E-state index in [1.165, 1.54) is 23.1 Å². The average molecular weight is 358 g/mol. The summed E-state index contributed by atoms with van der Waals surface area (Å²) < 4.78 is 13.8. The summed E-state index contributed by atoms with van der Waals surface area (Å²) in [5, 5.41) is 9.44. The zero-order chi connectivity index (χ0) is 15.6. The van der Waals surface area contributed by atoms with Crippen molar-refractivity contribution in [2.45, 2.75) is 26.2 Å². The Hall–Kier alpha value is -1.43. The lowest BCUT2D eigenvalue weighted by Gasteiger charge is -2.24. The summed E-state index contributed by atoms with van der Waals surface area (Å²) in [6, 6.07) is 4.19. The van der Waals surface area contributed by atoms with Crippen LogP contribution in [-0.2, 0) is 4.79 Å². The molecule has 1 saturated heterocycles. The minimum absolute atomic E-state index is 0.187. The lowest BCUT2D eigenvalue weighted by atomic mass is 9.83. The molecule has 1 amide bonds. The zero-order valence-electron chi connectivity index (χ0n) is 11.7. The number of nitrogens with zero attached hydrogens (tertiary/aromatic N) is 1. The molecule has 0 aliphatic carbocycles. The lowest BCUT2D eigenvalue weighted by molar-refractivity contribution is -0.148. The summed E-state index contributed by atoms with van der Waals surface area (Å²) in [6.45, 7) is 2.51. The van der Waals surface area contributed by atoms with Gasteiger partial charge in [-0.3, -0.25) is 9.59 Å². The van der Waals surface area contributed by atoms with E-state index in [1.807, 2.05) is 6.92 Å². The van der Waals surface area contributed by atoms with Crippen molar-refractivity contribution in [3.8, 4) is 0 Å². The molecule has 1 heterocycles. The van der Waals surface area contributed by atoms with Gasteiger partial charge in [-0.2, -0.15) is 0 Å². The van der Waals surface area contributed by atoms with Crippen molar-refractivity contribution < 1.29 is 19.1 Å². The first-order valence-corrected chi connectivity index (χ1v) is 7.66. The number of likely N-dealkylation sites (tertiary alicyclic amines) is 1. The first-order valence-electron chi connectivity index (χ1n) is 6.87. The largest absolute Gasteiger partial charge is 0.481 e. The topological polar surface area (TPSA) is 57.6 Å². The maximum Gasteiger partial charge on any atom is 0.311 e. The van der Waals surface area contributed by atoms with E-state index in [0.717, 1.165) is 6.42 Å². The SMILES string of the molecule is CCCC1(C(=O)O)CCN(C(=O)c2ccc(Br)c(F)c2)C1. The van der Waals surface area contributed by atoms with E-state index in [0.29, 0.717) is 23.9 Å². The number of rotatable bonds is 4. The predicted octanol–water partition coefficient (Wildman–Crippen LogP) is 3.31. The van der Waals surface area contributed by atoms with Gasteiger partial charge in [-0.05, 0) is 47.0 Å². The van der Waals surface area contributed by atoms with Gasteiger partial charge in [-0.25, -0.2) is 4.39 Å². The standard InChI is InChI=1S/C15H17BrFNO3/c1-2-5-15(14(20)21)6-7-18(9-15)13(19)10-3-4-11(16)12(17)8-10/h3-4,8H,2,5-7,9H2,1H3,(H,20,21). The van der Waals surface area contributed by atoms with Gasteiger partial charge in [-0.1, -0.05) is 13.3 Å². The number of amides is 1. The van der Waals surface area contributed by atoms with Crippen molar-refractivity contribution >= 4 is 27.8 Å². The predicted molar refractivity (Wildman–Crippen MR) is 79.6 cm³/mol. The third-order valence-electron chi connectivity index (χ3n) is 3.99. The highest BCUT2D eigenvalue weighted by atomic mass is 79.9. The smallest absolute Gasteiger partial charge is 0.311 e. The maximum absolute atomic E-state index is 13.5. The number of halogens is 2. The minimum Gasteiger partial charge on any atom is -0.481 e. The molecule has 0 saturated carbocycles. The molecule has 1 aliphatic rings. The highest BCUT2D eigenvalue weighted by molar-refractivity contribution is 9.10. The van der Waals surface area contributed by atoms with Crippen LogP contribution in [0.2, 0.25) is 0 Å². The molecule has 1 fully saturated rings. The van der Waals surface area contributed by atoms with Crippen LogP contribution in [0.1, 0.15) is 36.5 Å². The van der Waals surface area contributed by atoms with E-state index in [4.69, 9.17) is 0 Å². The van der Waals surface area contributed by atoms with Crippen molar-refractivity contribution in [2.24, 2.45) is 5.41 Å². The van der Waals surface area contributed by atoms with Gasteiger partial charge in [0.2, 0.25) is 0 Å². The number of carboxylic acid groups (broad SMARTS) is 1. The van der Waals surface area contributed by atoms with E-state index < -0.39 is 17.2 Å². The van der Waals surface area contributed by atoms with Gasteiger partial charge in [0.15, 0.2) is 0 Å². The third-order valence-corrected chi connectivity index (χ3v) is 4.63. The van der Waals surface area contributed by atoms with Crippen molar-refractivity contribution in [3.63, 3.8) is 0 Å². The van der Waals surface area contributed by atoms with E-state index in [2.05, 4.69) is 15.9 Å². The van der Waals surface area contributed by atoms with Crippen LogP contribution in [0, 0.1) is 11.2 Å². The number of carbonyl (C=O) groups is 2. The van der Waals surface area contributed by atoms with Crippen molar-refractivity contribution in [3.05, 3.63) is 34.1 Å². The quantitative estimate of drug-likeness (QED) is 0.899. The molecule has 1 atom stereocenters. The number of benzene rings is 1. The molecule has 0 bridgehead atoms. The molecule has 0 aromatic heterocycles. The summed E-state index contributed by atoms with van der Waals surface area (Å²) in [7, 11) is 0. The molecule has 2 rings (SSSR count). The van der Waals surface area contributed by atoms with Gasteiger partial charge in [0.1, 0.15) is 5.82 Å². The number of hydrogen-bond acceptors (Lipinski definition) is 2. The van der Waals surface area contributed by atoms with Crippen molar-refractivity contribution in [2.75, 3.05) is 13.1 Å². The second kappa shape index (κ2) is 6.13. The highest BCUT2D eigenvalue weighted by Gasteiger charge is 2.45. The molecule has 6 heteroatoms. The van der Waals surface area contributed by atoms with Crippen molar-refractivity contribution in [1.82, 2.24) is 4.90 Å². The second-order valence-electron chi connectivity index (χ2n) is 5.44. The monoisotopic (exact) mass is 357 g/mol. The molecule has 1 aliphatic heterocycles. The van der Waals surface area contributed by atoms with Crippen LogP contribution in [0.4, 0.5) is 4.39 Å². The van der Waals surface area contributed by atoms with Gasteiger partial charge in [0, 0.05) is 18.7 Å². The Morgan fingerprint density at radius 1 is 1.48 bits per heavy atom. The summed E-state index contributed by atoms with van der Waals surface area (Å²) in [5.41, 5.74) is -0.619. The molecule has 4 nitrogen and oxygen atoms in total. The van der Waals surface area contributed by atoms with Crippen LogP contribution in [0.5, 0.6) is 0 Å². The fraction of sp³-hybridized carbons (Fsp3) is 0.467. The second-order valence-corrected chi connectivity index (χ2v) is 6.30. The van der Waals surface area contributed by atoms with Crippen LogP contribution < -0.4 is 0 Å². The number of aliphatic carboxylic acids is 1. The molecule has 0 spiro atoms. The Kier molecular flexibility index (Phi) is 4.66. The first-order chi connectivity index (χ1) is 9.89. The molecule has 0 radical (unpaired) electrons. The number of carboxylic acids is 1. The van der Waals surface area contributed by atoms with Crippen LogP contribution in [0.25, 0.3) is 0 Å². The number of carbonyl (C=O) groups excluding carboxylic acids is 1. The third kappa shape index (κ3) is 3.10. The highest BCUT2D eigenvalue weighted by Crippen LogP contribution is 2.36. The number of hydrogen-bond donors (Lipinski definition) is 1. The van der Waals surface area contributed by atoms with Gasteiger partial charge in [0.25, 0.3) is 5.91 Å². The molecule has 114 valence electrons. The molecule has 1 unspecified atom stereocenters. The van der Waals surface area contributed by atoms with Crippen LogP contribution >= 0.6 is 15.9 Å². The molecule has 1 aromatic rings. The van der Waals surface area contributed by atoms with Crippen LogP contribution in [-0.4, -0.2) is 35.0 Å². The molecule has 1 aromatic carbocycles. The van der Waals surface area contributed by atoms with Gasteiger partial charge in [0.05, 0.1) is 9.89 Å². The van der Waals surface area contributed by atoms with Gasteiger partial charge >= 0.3 is 5.97 Å². The van der Waals surface area contributed by atoms with E-state index in [-0.39, 0.29) is 18.0 Å². The normalized spacial score (nSPS) is 21.6. The first kappa shape index (κ1) is 15.9. The zero-order valence-corrected chi connectivity index (χ0v) is 13.3. The summed E-state index contributed by atoms with van der Waals surface area (Å²) in [6.07, 6.45) is 1.74. The Morgan fingerprint density at radius 2 is 2.19 bits per heavy atom. The Morgan fingerprint density at radius 3 is 2.76 bits per heavy atom. The Bertz CT molecular complexity index is 578. The summed E-state index contributed by atoms with van der Waals surface area (Å²) in [4.78, 5) is 25.4. The average Bonchev–Trinajstić information content (AvgIpc) is 2.87. The Balaban J connectivity index is 2.18. The van der Waals surface area contributed by atoms with E-state index in [1.54, 1.807) is 0 Å². The molecule has 1 N–H and O–H groups in total. The van der Waals surface area contributed by atoms with Crippen LogP contribution in [0.15, 0.2) is 22.7 Å². The minimum atomic E-state index is -0.863. The molecule has 21 heavy (non-hydrogen) atoms. The van der Waals surface area contributed by atoms with E-state index >= 15 is 0 Å². The fourth-order valence-corrected chi connectivity index (χ4v) is 3.07. The fourth-order valence-electron chi connectivity index (χ4n) is 2.82. The lowest BCUT2D eigenvalue weighted by Crippen LogP contribution is -2.37. The Labute approximate surface area is 131 Å². The summed E-state index contributed by atoms with van der Waals surface area (Å²) in [5.74, 6) is -1.68. The molecular formula is C15H17BrFNO3. The summed E-state index contributed by atoms with van der Waals surface area (Å²) >= 11 is 3.04. The van der Waals surface area contributed by atoms with Gasteiger partial charge < -0.3 is 10.0 Å². The van der Waals surface area contributed by atoms with Crippen molar-refractivity contribution in [1.29, 1.82) is 0 Å². The van der Waals surface area contributed by atoms with E-state index in [9.17, 15) is 19.1 Å². The van der Waals surface area contributed by atoms with Gasteiger partial charge in [-0.15, -0.1) is 0 Å². The maximum atomic E-state index is 13.5. The molecular weight excluding hydrogens is 341 g/mol.